The van der Waals surface area contributed by atoms with Gasteiger partial charge in [0.1, 0.15) is 5.82 Å². The highest BCUT2D eigenvalue weighted by atomic mass is 19.4. The third-order valence-electron chi connectivity index (χ3n) is 4.97. The molecule has 2 aromatic carbocycles. The molecular formula is C22H18F3N5O2. The molecule has 164 valence electrons. The Morgan fingerprint density at radius 1 is 1.12 bits per heavy atom. The van der Waals surface area contributed by atoms with Crippen molar-refractivity contribution in [2.24, 2.45) is 5.16 Å². The van der Waals surface area contributed by atoms with E-state index in [1.165, 1.54) is 4.90 Å². The Morgan fingerprint density at radius 2 is 1.88 bits per heavy atom. The molecule has 0 spiro atoms. The first-order valence-corrected chi connectivity index (χ1v) is 9.84. The van der Waals surface area contributed by atoms with Gasteiger partial charge in [-0.05, 0) is 18.2 Å². The molecule has 0 fully saturated rings. The summed E-state index contributed by atoms with van der Waals surface area (Å²) in [6.45, 7) is 6.44. The van der Waals surface area contributed by atoms with Crippen molar-refractivity contribution in [3.05, 3.63) is 71.3 Å². The number of hydrogen-bond acceptors (Lipinski definition) is 4. The predicted octanol–water partition coefficient (Wildman–Crippen LogP) is 4.18. The second kappa shape index (κ2) is 8.70. The lowest BCUT2D eigenvalue weighted by molar-refractivity contribution is -0.173. The Hall–Kier alpha value is -3.87. The molecule has 32 heavy (non-hydrogen) atoms. The van der Waals surface area contributed by atoms with Crippen molar-refractivity contribution < 1.29 is 22.8 Å². The van der Waals surface area contributed by atoms with Crippen LogP contribution in [0.4, 0.5) is 18.9 Å². The molecule has 0 saturated carbocycles. The Labute approximate surface area is 181 Å². The summed E-state index contributed by atoms with van der Waals surface area (Å²) in [5, 5.41) is 3.49. The monoisotopic (exact) mass is 441 g/mol. The van der Waals surface area contributed by atoms with Crippen LogP contribution in [0.15, 0.2) is 53.7 Å². The van der Waals surface area contributed by atoms with Crippen molar-refractivity contribution in [2.75, 3.05) is 18.1 Å². The fourth-order valence-electron chi connectivity index (χ4n) is 3.62. The molecule has 1 aliphatic rings. The number of imidazole rings is 1. The molecule has 2 heterocycles. The van der Waals surface area contributed by atoms with E-state index >= 15 is 0 Å². The largest absolute Gasteiger partial charge is 0.425 e. The molecular weight excluding hydrogens is 423 g/mol. The van der Waals surface area contributed by atoms with E-state index in [0.29, 0.717) is 36.6 Å². The molecule has 10 heteroatoms. The van der Waals surface area contributed by atoms with Gasteiger partial charge in [0.25, 0.3) is 5.91 Å². The van der Waals surface area contributed by atoms with Crippen LogP contribution in [0, 0.1) is 6.57 Å². The molecule has 4 rings (SSSR count). The number of carbonyl (C=O) groups is 1. The van der Waals surface area contributed by atoms with Crippen molar-refractivity contribution in [1.82, 2.24) is 9.55 Å². The second-order valence-corrected chi connectivity index (χ2v) is 7.14. The summed E-state index contributed by atoms with van der Waals surface area (Å²) in [7, 11) is 0. The Kier molecular flexibility index (Phi) is 5.81. The van der Waals surface area contributed by atoms with E-state index < -0.39 is 18.7 Å². The maximum Gasteiger partial charge on any atom is 0.425 e. The number of alkyl halides is 3. The number of fused-ring (bicyclic) bond motifs is 2. The third kappa shape index (κ3) is 4.27. The third-order valence-corrected chi connectivity index (χ3v) is 4.97. The van der Waals surface area contributed by atoms with E-state index in [9.17, 15) is 18.0 Å². The Morgan fingerprint density at radius 3 is 2.66 bits per heavy atom. The Bertz CT molecular complexity index is 1230. The number of hydrogen-bond donors (Lipinski definition) is 0. The van der Waals surface area contributed by atoms with Crippen LogP contribution in [-0.2, 0) is 22.7 Å². The molecule has 0 unspecified atom stereocenters. The zero-order chi connectivity index (χ0) is 22.7. The van der Waals surface area contributed by atoms with Gasteiger partial charge in [-0.25, -0.2) is 11.6 Å². The number of halogens is 3. The number of aryl methyl sites for hydroxylation is 1. The molecule has 7 nitrogen and oxygen atoms in total. The summed E-state index contributed by atoms with van der Waals surface area (Å²) in [5.41, 5.74) is 2.38. The molecule has 3 aromatic rings. The molecule has 0 aliphatic carbocycles. The first-order valence-electron chi connectivity index (χ1n) is 9.84. The maximum atomic E-state index is 13.1. The number of benzene rings is 2. The summed E-state index contributed by atoms with van der Waals surface area (Å²) in [5.74, 6) is 0.0462. The predicted molar refractivity (Wildman–Crippen MR) is 112 cm³/mol. The van der Waals surface area contributed by atoms with Crippen molar-refractivity contribution >= 4 is 28.3 Å². The van der Waals surface area contributed by atoms with Crippen LogP contribution in [0.5, 0.6) is 0 Å². The quantitative estimate of drug-likeness (QED) is 0.314. The fraction of sp³-hybridized carbons (Fsp3) is 0.273. The number of carbonyl (C=O) groups excluding carboxylic acids is 1. The SMILES string of the molecule is [C-]#[N+]CCCn1c(CN2C(=O)C(=NOCC(F)(F)F)c3ccccc32)nc2ccccc21. The number of para-hydroxylation sites is 3. The van der Waals surface area contributed by atoms with E-state index in [4.69, 9.17) is 6.57 Å². The van der Waals surface area contributed by atoms with Gasteiger partial charge >= 0.3 is 6.18 Å². The van der Waals surface area contributed by atoms with E-state index in [0.717, 1.165) is 11.0 Å². The number of oxime groups is 1. The summed E-state index contributed by atoms with van der Waals surface area (Å²) in [6.07, 6.45) is -3.93. The van der Waals surface area contributed by atoms with Gasteiger partial charge in [0.05, 0.1) is 23.3 Å². The van der Waals surface area contributed by atoms with E-state index in [1.807, 2.05) is 28.8 Å². The normalized spacial score (nSPS) is 14.8. The Balaban J connectivity index is 1.67. The molecule has 1 amide bonds. The van der Waals surface area contributed by atoms with E-state index in [1.54, 1.807) is 24.3 Å². The number of anilines is 1. The highest BCUT2D eigenvalue weighted by Gasteiger charge is 2.36. The average molecular weight is 441 g/mol. The highest BCUT2D eigenvalue weighted by Crippen LogP contribution is 2.31. The molecule has 0 atom stereocenters. The van der Waals surface area contributed by atoms with Crippen molar-refractivity contribution in [3.63, 3.8) is 0 Å². The lowest BCUT2D eigenvalue weighted by Crippen LogP contribution is -2.31. The van der Waals surface area contributed by atoms with Gasteiger partial charge in [0.2, 0.25) is 13.2 Å². The average Bonchev–Trinajstić information content (AvgIpc) is 3.24. The minimum absolute atomic E-state index is 0.0981. The zero-order valence-electron chi connectivity index (χ0n) is 16.8. The number of rotatable bonds is 7. The summed E-state index contributed by atoms with van der Waals surface area (Å²) >= 11 is 0. The number of amides is 1. The van der Waals surface area contributed by atoms with Gasteiger partial charge < -0.3 is 14.2 Å². The van der Waals surface area contributed by atoms with Crippen LogP contribution in [0.1, 0.15) is 17.8 Å². The van der Waals surface area contributed by atoms with E-state index in [-0.39, 0.29) is 12.3 Å². The zero-order valence-corrected chi connectivity index (χ0v) is 16.8. The van der Waals surface area contributed by atoms with Crippen LogP contribution in [0.2, 0.25) is 0 Å². The summed E-state index contributed by atoms with van der Waals surface area (Å²) < 4.78 is 39.3. The van der Waals surface area contributed by atoms with Gasteiger partial charge in [-0.2, -0.15) is 13.2 Å². The van der Waals surface area contributed by atoms with Gasteiger partial charge in [0.15, 0.2) is 5.71 Å². The topological polar surface area (TPSA) is 64.1 Å². The summed E-state index contributed by atoms with van der Waals surface area (Å²) in [6, 6.07) is 14.3. The van der Waals surface area contributed by atoms with Gasteiger partial charge in [-0.3, -0.25) is 9.69 Å². The number of nitrogens with zero attached hydrogens (tertiary/aromatic N) is 5. The van der Waals surface area contributed by atoms with Crippen molar-refractivity contribution in [3.8, 4) is 0 Å². The number of aromatic nitrogens is 2. The van der Waals surface area contributed by atoms with Crippen LogP contribution in [0.3, 0.4) is 0 Å². The van der Waals surface area contributed by atoms with Crippen LogP contribution in [-0.4, -0.2) is 40.5 Å². The maximum absolute atomic E-state index is 13.1. The smallest absolute Gasteiger partial charge is 0.385 e. The lowest BCUT2D eigenvalue weighted by Gasteiger charge is -2.17. The minimum atomic E-state index is -4.55. The molecule has 0 saturated heterocycles. The second-order valence-electron chi connectivity index (χ2n) is 7.14. The van der Waals surface area contributed by atoms with Gasteiger partial charge in [0, 0.05) is 18.5 Å². The minimum Gasteiger partial charge on any atom is -0.385 e. The molecule has 0 N–H and O–H groups in total. The molecule has 0 bridgehead atoms. The van der Waals surface area contributed by atoms with Crippen molar-refractivity contribution in [1.29, 1.82) is 0 Å². The first-order chi connectivity index (χ1) is 15.4. The van der Waals surface area contributed by atoms with Crippen LogP contribution < -0.4 is 4.90 Å². The fourth-order valence-corrected chi connectivity index (χ4v) is 3.62. The van der Waals surface area contributed by atoms with Crippen molar-refractivity contribution in [2.45, 2.75) is 25.7 Å². The standard InChI is InChI=1S/C22H18F3N5O2/c1-26-11-6-12-29-18-10-5-3-8-16(18)27-19(29)13-30-17-9-4-2-7-15(17)20(21(30)31)28-32-14-22(23,24)25/h2-5,7-10H,6,11-14H2. The van der Waals surface area contributed by atoms with Crippen LogP contribution >= 0.6 is 0 Å². The van der Waals surface area contributed by atoms with Gasteiger partial charge in [-0.15, -0.1) is 0 Å². The molecule has 1 aliphatic heterocycles. The lowest BCUT2D eigenvalue weighted by atomic mass is 10.1. The van der Waals surface area contributed by atoms with Crippen LogP contribution in [0.25, 0.3) is 15.9 Å². The van der Waals surface area contributed by atoms with E-state index in [2.05, 4.69) is 19.8 Å². The summed E-state index contributed by atoms with van der Waals surface area (Å²) in [4.78, 5) is 26.9. The van der Waals surface area contributed by atoms with Gasteiger partial charge in [-0.1, -0.05) is 35.5 Å². The molecule has 1 aromatic heterocycles. The first kappa shape index (κ1) is 21.4. The highest BCUT2D eigenvalue weighted by molar-refractivity contribution is 6.54. The molecule has 0 radical (unpaired) electrons.